The van der Waals surface area contributed by atoms with Gasteiger partial charge in [-0.2, -0.15) is 5.11 Å². The number of azo groups is 1. The molecule has 194 valence electrons. The zero-order chi connectivity index (χ0) is 26.5. The minimum Gasteiger partial charge on any atom is -0.494 e. The number of likely N-dealkylation sites (N-methyl/N-ethyl adjacent to an activating group) is 1. The monoisotopic (exact) mass is 527 g/mol. The van der Waals surface area contributed by atoms with E-state index in [0.717, 1.165) is 49.0 Å². The Morgan fingerprint density at radius 1 is 0.868 bits per heavy atom. The van der Waals surface area contributed by atoms with E-state index in [1.807, 2.05) is 67.6 Å². The molecule has 0 aliphatic carbocycles. The van der Waals surface area contributed by atoms with Crippen LogP contribution in [0.1, 0.15) is 6.92 Å². The molecule has 0 radical (unpaired) electrons. The highest BCUT2D eigenvalue weighted by Crippen LogP contribution is 2.35. The Bertz CT molecular complexity index is 1480. The third-order valence-electron chi connectivity index (χ3n) is 6.55. The van der Waals surface area contributed by atoms with Crippen molar-refractivity contribution in [1.29, 1.82) is 0 Å². The molecule has 7 nitrogen and oxygen atoms in total. The van der Waals surface area contributed by atoms with Crippen LogP contribution in [0.25, 0.3) is 16.8 Å². The Morgan fingerprint density at radius 3 is 2.29 bits per heavy atom. The van der Waals surface area contributed by atoms with E-state index in [2.05, 4.69) is 33.1 Å². The van der Waals surface area contributed by atoms with Crippen LogP contribution in [0.2, 0.25) is 5.02 Å². The third kappa shape index (κ3) is 5.64. The molecule has 8 heteroatoms. The lowest BCUT2D eigenvalue weighted by atomic mass is 10.0. The van der Waals surface area contributed by atoms with Crippen molar-refractivity contribution < 1.29 is 4.74 Å². The highest BCUT2D eigenvalue weighted by atomic mass is 35.5. The van der Waals surface area contributed by atoms with Gasteiger partial charge in [0.2, 0.25) is 0 Å². The normalized spacial score (nSPS) is 14.2. The van der Waals surface area contributed by atoms with E-state index in [1.54, 1.807) is 22.8 Å². The quantitative estimate of drug-likeness (QED) is 0.250. The molecular weight excluding hydrogens is 498 g/mol. The zero-order valence-corrected chi connectivity index (χ0v) is 22.3. The van der Waals surface area contributed by atoms with Gasteiger partial charge >= 0.3 is 0 Å². The third-order valence-corrected chi connectivity index (χ3v) is 6.79. The van der Waals surface area contributed by atoms with Gasteiger partial charge in [0.25, 0.3) is 5.56 Å². The lowest BCUT2D eigenvalue weighted by molar-refractivity contribution is 0.311. The van der Waals surface area contributed by atoms with Crippen molar-refractivity contribution in [3.63, 3.8) is 0 Å². The van der Waals surface area contributed by atoms with Crippen molar-refractivity contribution in [3.05, 3.63) is 100 Å². The average Bonchev–Trinajstić information content (AvgIpc) is 2.93. The number of nitrogens with zero attached hydrogens (tertiary/aromatic N) is 5. The van der Waals surface area contributed by atoms with Gasteiger partial charge in [-0.3, -0.25) is 9.36 Å². The van der Waals surface area contributed by atoms with Gasteiger partial charge in [0.05, 0.1) is 18.0 Å². The topological polar surface area (TPSA) is 62.4 Å². The molecule has 3 aromatic carbocycles. The van der Waals surface area contributed by atoms with Gasteiger partial charge < -0.3 is 14.5 Å². The summed E-state index contributed by atoms with van der Waals surface area (Å²) in [5.41, 5.74) is 2.96. The van der Waals surface area contributed by atoms with E-state index in [0.29, 0.717) is 22.9 Å². The number of piperazine rings is 1. The molecule has 5 rings (SSSR count). The van der Waals surface area contributed by atoms with Crippen molar-refractivity contribution in [3.8, 4) is 22.6 Å². The summed E-state index contributed by atoms with van der Waals surface area (Å²) in [6.45, 7) is 5.99. The second kappa shape index (κ2) is 11.6. The van der Waals surface area contributed by atoms with E-state index < -0.39 is 0 Å². The minimum absolute atomic E-state index is 0.234. The number of hydrogen-bond donors (Lipinski definition) is 0. The summed E-state index contributed by atoms with van der Waals surface area (Å²) in [7, 11) is 2.12. The molecule has 0 spiro atoms. The first-order chi connectivity index (χ1) is 18.5. The first-order valence-electron chi connectivity index (χ1n) is 12.7. The molecule has 4 aromatic rings. The molecule has 1 aliphatic rings. The van der Waals surface area contributed by atoms with Gasteiger partial charge in [-0.25, -0.2) is 0 Å². The van der Waals surface area contributed by atoms with Crippen molar-refractivity contribution in [2.75, 3.05) is 44.7 Å². The fourth-order valence-corrected chi connectivity index (χ4v) is 4.73. The van der Waals surface area contributed by atoms with Crippen molar-refractivity contribution in [2.24, 2.45) is 10.2 Å². The Morgan fingerprint density at radius 2 is 1.61 bits per heavy atom. The number of halogens is 1. The smallest absolute Gasteiger partial charge is 0.285 e. The molecule has 1 fully saturated rings. The molecule has 0 N–H and O–H groups in total. The molecule has 0 saturated carbocycles. The van der Waals surface area contributed by atoms with E-state index in [9.17, 15) is 4.79 Å². The first kappa shape index (κ1) is 25.7. The predicted molar refractivity (Wildman–Crippen MR) is 154 cm³/mol. The molecule has 2 heterocycles. The number of benzene rings is 3. The standard InChI is InChI=1S/C30H30ClN5O2/c1-3-38-26-14-12-22(13-15-26)27-21-28(35-18-16-34(2)17-19-35)36(25-10-5-4-6-11-25)30(37)29(27)33-32-24-9-7-8-23(31)20-24/h4-15,20-21H,3,16-19H2,1-2H3. The van der Waals surface area contributed by atoms with Crippen LogP contribution in [0.15, 0.2) is 100.0 Å². The molecular formula is C30H30ClN5O2. The number of hydrogen-bond acceptors (Lipinski definition) is 6. The molecule has 0 amide bonds. The number of para-hydroxylation sites is 1. The van der Waals surface area contributed by atoms with Crippen LogP contribution in [0.4, 0.5) is 17.2 Å². The summed E-state index contributed by atoms with van der Waals surface area (Å²) >= 11 is 6.16. The maximum atomic E-state index is 14.3. The highest BCUT2D eigenvalue weighted by Gasteiger charge is 2.23. The van der Waals surface area contributed by atoms with Gasteiger partial charge in [0.1, 0.15) is 11.6 Å². The summed E-state index contributed by atoms with van der Waals surface area (Å²) in [5.74, 6) is 1.61. The van der Waals surface area contributed by atoms with Crippen molar-refractivity contribution in [1.82, 2.24) is 9.47 Å². The van der Waals surface area contributed by atoms with Crippen LogP contribution in [0, 0.1) is 0 Å². The summed E-state index contributed by atoms with van der Waals surface area (Å²) in [6, 6.07) is 26.6. The Labute approximate surface area is 227 Å². The van der Waals surface area contributed by atoms with Crippen LogP contribution >= 0.6 is 11.6 Å². The van der Waals surface area contributed by atoms with E-state index >= 15 is 0 Å². The second-order valence-electron chi connectivity index (χ2n) is 9.17. The molecule has 0 atom stereocenters. The van der Waals surface area contributed by atoms with Crippen LogP contribution < -0.4 is 15.2 Å². The van der Waals surface area contributed by atoms with Gasteiger partial charge in [0.15, 0.2) is 5.69 Å². The fraction of sp³-hybridized carbons (Fsp3) is 0.233. The maximum Gasteiger partial charge on any atom is 0.285 e. The predicted octanol–water partition coefficient (Wildman–Crippen LogP) is 6.72. The molecule has 1 aromatic heterocycles. The van der Waals surface area contributed by atoms with Crippen molar-refractivity contribution in [2.45, 2.75) is 6.92 Å². The summed E-state index contributed by atoms with van der Waals surface area (Å²) in [4.78, 5) is 18.8. The molecule has 0 bridgehead atoms. The summed E-state index contributed by atoms with van der Waals surface area (Å²) < 4.78 is 7.39. The molecule has 0 unspecified atom stereocenters. The fourth-order valence-electron chi connectivity index (χ4n) is 4.54. The van der Waals surface area contributed by atoms with Crippen LogP contribution in [-0.4, -0.2) is 49.3 Å². The van der Waals surface area contributed by atoms with Gasteiger partial charge in [0, 0.05) is 36.8 Å². The van der Waals surface area contributed by atoms with Gasteiger partial charge in [-0.1, -0.05) is 48.0 Å². The average molecular weight is 528 g/mol. The first-order valence-corrected chi connectivity index (χ1v) is 13.1. The highest BCUT2D eigenvalue weighted by molar-refractivity contribution is 6.30. The SMILES string of the molecule is CCOc1ccc(-c2cc(N3CCN(C)CC3)n(-c3ccccc3)c(=O)c2N=Nc2cccc(Cl)c2)cc1. The molecule has 1 aliphatic heterocycles. The Hall–Kier alpha value is -3.94. The van der Waals surface area contributed by atoms with Gasteiger partial charge in [-0.05, 0) is 68.1 Å². The lowest BCUT2D eigenvalue weighted by Gasteiger charge is -2.35. The number of ether oxygens (including phenoxy) is 1. The van der Waals surface area contributed by atoms with Crippen molar-refractivity contribution >= 4 is 28.8 Å². The summed E-state index contributed by atoms with van der Waals surface area (Å²) in [5, 5.41) is 9.47. The minimum atomic E-state index is -0.234. The Kier molecular flexibility index (Phi) is 7.86. The van der Waals surface area contributed by atoms with Gasteiger partial charge in [-0.15, -0.1) is 5.11 Å². The lowest BCUT2D eigenvalue weighted by Crippen LogP contribution is -2.46. The van der Waals surface area contributed by atoms with Crippen LogP contribution in [0.3, 0.4) is 0 Å². The van der Waals surface area contributed by atoms with E-state index in [-0.39, 0.29) is 11.2 Å². The number of aromatic nitrogens is 1. The summed E-state index contributed by atoms with van der Waals surface area (Å²) in [6.07, 6.45) is 0. The molecule has 38 heavy (non-hydrogen) atoms. The number of pyridine rings is 1. The maximum absolute atomic E-state index is 14.3. The van der Waals surface area contributed by atoms with E-state index in [4.69, 9.17) is 16.3 Å². The molecule has 1 saturated heterocycles. The zero-order valence-electron chi connectivity index (χ0n) is 21.5. The number of anilines is 1. The Balaban J connectivity index is 1.72. The second-order valence-corrected chi connectivity index (χ2v) is 9.60. The van der Waals surface area contributed by atoms with E-state index in [1.165, 1.54) is 0 Å². The van der Waals surface area contributed by atoms with Crippen LogP contribution in [0.5, 0.6) is 5.75 Å². The largest absolute Gasteiger partial charge is 0.494 e. The number of rotatable bonds is 7. The van der Waals surface area contributed by atoms with Crippen LogP contribution in [-0.2, 0) is 0 Å².